The fourth-order valence-corrected chi connectivity index (χ4v) is 1.50. The van der Waals surface area contributed by atoms with E-state index in [-0.39, 0.29) is 12.4 Å². The minimum atomic E-state index is -0.154. The summed E-state index contributed by atoms with van der Waals surface area (Å²) in [5.74, 6) is -0.154. The monoisotopic (exact) mass is 211 g/mol. The van der Waals surface area contributed by atoms with Gasteiger partial charge in [0, 0.05) is 18.7 Å². The molecule has 2 nitrogen and oxygen atoms in total. The summed E-state index contributed by atoms with van der Waals surface area (Å²) in [4.78, 5) is 1.94. The van der Waals surface area contributed by atoms with Crippen LogP contribution in [0.3, 0.4) is 0 Å². The molecule has 0 radical (unpaired) electrons. The summed E-state index contributed by atoms with van der Waals surface area (Å²) in [5.41, 5.74) is 1.66. The van der Waals surface area contributed by atoms with Crippen molar-refractivity contribution < 1.29 is 9.50 Å². The van der Waals surface area contributed by atoms with Crippen molar-refractivity contribution in [1.82, 2.24) is 4.90 Å². The molecule has 0 spiro atoms. The Morgan fingerprint density at radius 3 is 2.60 bits per heavy atom. The van der Waals surface area contributed by atoms with Gasteiger partial charge in [0.25, 0.3) is 0 Å². The first-order valence-corrected chi connectivity index (χ1v) is 5.16. The fourth-order valence-electron chi connectivity index (χ4n) is 1.50. The molecule has 1 aromatic rings. The number of aliphatic hydroxyl groups is 1. The second-order valence-corrected chi connectivity index (χ2v) is 3.99. The molecule has 15 heavy (non-hydrogen) atoms. The zero-order chi connectivity index (χ0) is 11.3. The molecule has 0 saturated heterocycles. The van der Waals surface area contributed by atoms with E-state index in [4.69, 9.17) is 5.11 Å². The summed E-state index contributed by atoms with van der Waals surface area (Å²) in [6.45, 7) is 0.771. The molecule has 0 atom stereocenters. The van der Waals surface area contributed by atoms with E-state index in [0.29, 0.717) is 18.5 Å². The van der Waals surface area contributed by atoms with Gasteiger partial charge in [-0.15, -0.1) is 0 Å². The van der Waals surface area contributed by atoms with Crippen LogP contribution in [0.25, 0.3) is 0 Å². The smallest absolute Gasteiger partial charge is 0.127 e. The first-order valence-electron chi connectivity index (χ1n) is 5.16. The largest absolute Gasteiger partial charge is 0.396 e. The maximum atomic E-state index is 13.5. The number of nitrogens with zero attached hydrogens (tertiary/aromatic N) is 1. The van der Waals surface area contributed by atoms with Crippen molar-refractivity contribution in [2.75, 3.05) is 20.7 Å². The van der Waals surface area contributed by atoms with Gasteiger partial charge in [-0.25, -0.2) is 4.39 Å². The van der Waals surface area contributed by atoms with Crippen molar-refractivity contribution in [3.05, 3.63) is 35.1 Å². The summed E-state index contributed by atoms with van der Waals surface area (Å²) in [5, 5.41) is 8.67. The standard InChI is InChI=1S/C12H18FNO/c1-14(2)9-11-6-5-10(4-3-7-15)8-12(11)13/h5-6,8,15H,3-4,7,9H2,1-2H3. The quantitative estimate of drug-likeness (QED) is 0.803. The number of benzene rings is 1. The number of aliphatic hydroxyl groups excluding tert-OH is 1. The minimum Gasteiger partial charge on any atom is -0.396 e. The van der Waals surface area contributed by atoms with Crippen LogP contribution >= 0.6 is 0 Å². The number of aryl methyl sites for hydroxylation is 1. The third-order valence-corrected chi connectivity index (χ3v) is 2.23. The Hall–Kier alpha value is -0.930. The lowest BCUT2D eigenvalue weighted by atomic mass is 10.1. The Kier molecular flexibility index (Phi) is 4.72. The van der Waals surface area contributed by atoms with Crippen LogP contribution in [0.1, 0.15) is 17.5 Å². The maximum absolute atomic E-state index is 13.5. The predicted octanol–water partition coefficient (Wildman–Crippen LogP) is 1.81. The van der Waals surface area contributed by atoms with Crippen molar-refractivity contribution in [3.63, 3.8) is 0 Å². The maximum Gasteiger partial charge on any atom is 0.127 e. The molecule has 0 aliphatic carbocycles. The van der Waals surface area contributed by atoms with Gasteiger partial charge in [0.05, 0.1) is 0 Å². The van der Waals surface area contributed by atoms with E-state index in [9.17, 15) is 4.39 Å². The first kappa shape index (κ1) is 12.1. The molecular weight excluding hydrogens is 193 g/mol. The third-order valence-electron chi connectivity index (χ3n) is 2.23. The summed E-state index contributed by atoms with van der Waals surface area (Å²) >= 11 is 0. The van der Waals surface area contributed by atoms with Gasteiger partial charge in [0.15, 0.2) is 0 Å². The molecule has 84 valence electrons. The average molecular weight is 211 g/mol. The van der Waals surface area contributed by atoms with Gasteiger partial charge in [-0.1, -0.05) is 12.1 Å². The highest BCUT2D eigenvalue weighted by Gasteiger charge is 2.04. The number of hydrogen-bond acceptors (Lipinski definition) is 2. The highest BCUT2D eigenvalue weighted by molar-refractivity contribution is 5.24. The Labute approximate surface area is 90.3 Å². The molecule has 0 fully saturated rings. The van der Waals surface area contributed by atoms with E-state index >= 15 is 0 Å². The number of rotatable bonds is 5. The van der Waals surface area contributed by atoms with Crippen LogP contribution in [-0.4, -0.2) is 30.7 Å². The van der Waals surface area contributed by atoms with Crippen LogP contribution in [0.5, 0.6) is 0 Å². The van der Waals surface area contributed by atoms with Gasteiger partial charge in [0.1, 0.15) is 5.82 Å². The molecule has 3 heteroatoms. The van der Waals surface area contributed by atoms with Crippen molar-refractivity contribution >= 4 is 0 Å². The molecule has 1 aromatic carbocycles. The SMILES string of the molecule is CN(C)Cc1ccc(CCCO)cc1F. The van der Waals surface area contributed by atoms with Crippen LogP contribution in [-0.2, 0) is 13.0 Å². The van der Waals surface area contributed by atoms with E-state index in [1.165, 1.54) is 0 Å². The summed E-state index contributed by atoms with van der Waals surface area (Å²) < 4.78 is 13.5. The zero-order valence-electron chi connectivity index (χ0n) is 9.33. The normalized spacial score (nSPS) is 11.0. The lowest BCUT2D eigenvalue weighted by molar-refractivity contribution is 0.288. The topological polar surface area (TPSA) is 23.5 Å². The molecule has 0 saturated carbocycles. The van der Waals surface area contributed by atoms with Crippen LogP contribution in [0.4, 0.5) is 4.39 Å². The Morgan fingerprint density at radius 2 is 2.07 bits per heavy atom. The summed E-state index contributed by atoms with van der Waals surface area (Å²) in [6, 6.07) is 5.31. The van der Waals surface area contributed by atoms with E-state index in [1.807, 2.05) is 31.1 Å². The molecule has 1 rings (SSSR count). The first-order chi connectivity index (χ1) is 7.13. The Morgan fingerprint density at radius 1 is 1.33 bits per heavy atom. The van der Waals surface area contributed by atoms with Gasteiger partial charge in [-0.2, -0.15) is 0 Å². The van der Waals surface area contributed by atoms with Crippen molar-refractivity contribution in [2.24, 2.45) is 0 Å². The second kappa shape index (κ2) is 5.83. The van der Waals surface area contributed by atoms with Gasteiger partial charge in [0.2, 0.25) is 0 Å². The molecule has 0 heterocycles. The van der Waals surface area contributed by atoms with Crippen LogP contribution in [0, 0.1) is 5.82 Å². The molecule has 0 aliphatic rings. The molecule has 0 amide bonds. The lowest BCUT2D eigenvalue weighted by Crippen LogP contribution is -2.12. The lowest BCUT2D eigenvalue weighted by Gasteiger charge is -2.11. The third kappa shape index (κ3) is 3.98. The van der Waals surface area contributed by atoms with Gasteiger partial charge < -0.3 is 10.0 Å². The Balaban J connectivity index is 2.70. The molecule has 0 aliphatic heterocycles. The predicted molar refractivity (Wildman–Crippen MR) is 59.2 cm³/mol. The number of halogens is 1. The second-order valence-electron chi connectivity index (χ2n) is 3.99. The molecule has 0 unspecified atom stereocenters. The van der Waals surface area contributed by atoms with Gasteiger partial charge in [-0.05, 0) is 38.6 Å². The van der Waals surface area contributed by atoms with Crippen LogP contribution < -0.4 is 0 Å². The van der Waals surface area contributed by atoms with E-state index in [1.54, 1.807) is 6.07 Å². The average Bonchev–Trinajstić information content (AvgIpc) is 2.18. The summed E-state index contributed by atoms with van der Waals surface area (Å²) in [6.07, 6.45) is 1.42. The molecule has 0 aromatic heterocycles. The van der Waals surface area contributed by atoms with Gasteiger partial charge >= 0.3 is 0 Å². The minimum absolute atomic E-state index is 0.154. The zero-order valence-corrected chi connectivity index (χ0v) is 9.33. The van der Waals surface area contributed by atoms with Crippen LogP contribution in [0.2, 0.25) is 0 Å². The summed E-state index contributed by atoms with van der Waals surface area (Å²) in [7, 11) is 3.83. The van der Waals surface area contributed by atoms with Crippen molar-refractivity contribution in [1.29, 1.82) is 0 Å². The van der Waals surface area contributed by atoms with E-state index in [0.717, 1.165) is 12.0 Å². The number of hydrogen-bond donors (Lipinski definition) is 1. The molecular formula is C12H18FNO. The highest BCUT2D eigenvalue weighted by atomic mass is 19.1. The molecule has 1 N–H and O–H groups in total. The van der Waals surface area contributed by atoms with Crippen molar-refractivity contribution in [2.45, 2.75) is 19.4 Å². The van der Waals surface area contributed by atoms with E-state index in [2.05, 4.69) is 0 Å². The van der Waals surface area contributed by atoms with Gasteiger partial charge in [-0.3, -0.25) is 0 Å². The molecule has 0 bridgehead atoms. The van der Waals surface area contributed by atoms with Crippen molar-refractivity contribution in [3.8, 4) is 0 Å². The van der Waals surface area contributed by atoms with Crippen LogP contribution in [0.15, 0.2) is 18.2 Å². The highest BCUT2D eigenvalue weighted by Crippen LogP contribution is 2.13. The van der Waals surface area contributed by atoms with E-state index < -0.39 is 0 Å². The Bertz CT molecular complexity index is 312. The fraction of sp³-hybridized carbons (Fsp3) is 0.500.